The molecule has 0 amide bonds. The van der Waals surface area contributed by atoms with Crippen molar-refractivity contribution in [1.82, 2.24) is 0 Å². The highest BCUT2D eigenvalue weighted by atomic mass is 16.5. The van der Waals surface area contributed by atoms with Gasteiger partial charge in [-0.2, -0.15) is 0 Å². The maximum Gasteiger partial charge on any atom is 0.0573 e. The largest absolute Gasteiger partial charge is 0.381 e. The first-order chi connectivity index (χ1) is 5.36. The van der Waals surface area contributed by atoms with Crippen LogP contribution in [0.1, 0.15) is 32.6 Å². The van der Waals surface area contributed by atoms with Gasteiger partial charge in [0.15, 0.2) is 0 Å². The molecule has 0 unspecified atom stereocenters. The van der Waals surface area contributed by atoms with Crippen LogP contribution >= 0.6 is 0 Å². The van der Waals surface area contributed by atoms with E-state index in [1.54, 1.807) is 7.11 Å². The molecule has 0 heterocycles. The van der Waals surface area contributed by atoms with E-state index < -0.39 is 0 Å². The fraction of sp³-hybridized carbons (Fsp3) is 0.889. The van der Waals surface area contributed by atoms with E-state index in [9.17, 15) is 0 Å². The molecule has 0 saturated heterocycles. The van der Waals surface area contributed by atoms with E-state index in [4.69, 9.17) is 4.74 Å². The van der Waals surface area contributed by atoms with Crippen LogP contribution in [0.5, 0.6) is 0 Å². The minimum atomic E-state index is 0.498. The molecule has 1 fully saturated rings. The lowest BCUT2D eigenvalue weighted by Crippen LogP contribution is -2.22. The Kier molecular flexibility index (Phi) is 3.57. The molecule has 0 spiro atoms. The van der Waals surface area contributed by atoms with Crippen molar-refractivity contribution in [2.45, 2.75) is 44.8 Å². The van der Waals surface area contributed by atoms with Crippen LogP contribution in [-0.4, -0.2) is 25.5 Å². The Bertz CT molecular complexity index is 126. The zero-order valence-electron chi connectivity index (χ0n) is 7.42. The molecule has 0 aromatic carbocycles. The SMILES string of the molecule is CC=NC1CCC(OC)CC1. The highest BCUT2D eigenvalue weighted by molar-refractivity contribution is 5.53. The zero-order chi connectivity index (χ0) is 8.10. The van der Waals surface area contributed by atoms with E-state index in [0.717, 1.165) is 0 Å². The molecule has 0 radical (unpaired) electrons. The third-order valence-electron chi connectivity index (χ3n) is 2.34. The number of hydrogen-bond acceptors (Lipinski definition) is 2. The number of methoxy groups -OCH3 is 1. The van der Waals surface area contributed by atoms with Crippen molar-refractivity contribution in [2.24, 2.45) is 4.99 Å². The summed E-state index contributed by atoms with van der Waals surface area (Å²) in [6, 6.07) is 0.575. The maximum absolute atomic E-state index is 5.27. The summed E-state index contributed by atoms with van der Waals surface area (Å²) in [4.78, 5) is 4.37. The van der Waals surface area contributed by atoms with E-state index in [1.165, 1.54) is 25.7 Å². The quantitative estimate of drug-likeness (QED) is 0.559. The average Bonchev–Trinajstić information content (AvgIpc) is 2.07. The van der Waals surface area contributed by atoms with Crippen molar-refractivity contribution < 1.29 is 4.74 Å². The number of ether oxygens (including phenoxy) is 1. The van der Waals surface area contributed by atoms with Gasteiger partial charge in [-0.15, -0.1) is 0 Å². The number of aliphatic imine (C=N–C) groups is 1. The van der Waals surface area contributed by atoms with Crippen LogP contribution in [0, 0.1) is 0 Å². The first-order valence-electron chi connectivity index (χ1n) is 4.37. The predicted molar refractivity (Wildman–Crippen MR) is 47.2 cm³/mol. The van der Waals surface area contributed by atoms with Gasteiger partial charge >= 0.3 is 0 Å². The minimum Gasteiger partial charge on any atom is -0.381 e. The highest BCUT2D eigenvalue weighted by Gasteiger charge is 2.18. The molecule has 11 heavy (non-hydrogen) atoms. The zero-order valence-corrected chi connectivity index (χ0v) is 7.42. The van der Waals surface area contributed by atoms with Crippen LogP contribution in [0.3, 0.4) is 0 Å². The summed E-state index contributed by atoms with van der Waals surface area (Å²) in [6.07, 6.45) is 7.17. The summed E-state index contributed by atoms with van der Waals surface area (Å²) < 4.78 is 5.27. The van der Waals surface area contributed by atoms with E-state index in [1.807, 2.05) is 13.1 Å². The second-order valence-corrected chi connectivity index (χ2v) is 3.07. The third-order valence-corrected chi connectivity index (χ3v) is 2.34. The summed E-state index contributed by atoms with van der Waals surface area (Å²) in [5.74, 6) is 0. The van der Waals surface area contributed by atoms with Gasteiger partial charge in [-0.05, 0) is 38.8 Å². The van der Waals surface area contributed by atoms with E-state index >= 15 is 0 Å². The first kappa shape index (κ1) is 8.72. The highest BCUT2D eigenvalue weighted by Crippen LogP contribution is 2.22. The standard InChI is InChI=1S/C9H17NO/c1-3-10-8-4-6-9(11-2)7-5-8/h3,8-9H,4-7H2,1-2H3. The van der Waals surface area contributed by atoms with E-state index in [0.29, 0.717) is 12.1 Å². The van der Waals surface area contributed by atoms with Gasteiger partial charge in [0.25, 0.3) is 0 Å². The van der Waals surface area contributed by atoms with Crippen LogP contribution in [0.25, 0.3) is 0 Å². The molecule has 0 aromatic rings. The summed E-state index contributed by atoms with van der Waals surface area (Å²) in [7, 11) is 1.80. The Balaban J connectivity index is 2.24. The summed E-state index contributed by atoms with van der Waals surface area (Å²) in [5, 5.41) is 0. The van der Waals surface area contributed by atoms with E-state index in [2.05, 4.69) is 4.99 Å². The normalized spacial score (nSPS) is 32.9. The van der Waals surface area contributed by atoms with Crippen LogP contribution in [0.15, 0.2) is 4.99 Å². The average molecular weight is 155 g/mol. The van der Waals surface area contributed by atoms with Crippen molar-refractivity contribution >= 4 is 6.21 Å². The van der Waals surface area contributed by atoms with Crippen molar-refractivity contribution in [2.75, 3.05) is 7.11 Å². The van der Waals surface area contributed by atoms with Crippen LogP contribution in [0.4, 0.5) is 0 Å². The number of hydrogen-bond donors (Lipinski definition) is 0. The van der Waals surface area contributed by atoms with Gasteiger partial charge in [-0.1, -0.05) is 0 Å². The lowest BCUT2D eigenvalue weighted by Gasteiger charge is -2.24. The Morgan fingerprint density at radius 2 is 1.91 bits per heavy atom. The molecule has 0 aliphatic heterocycles. The van der Waals surface area contributed by atoms with Gasteiger partial charge in [0, 0.05) is 13.2 Å². The lowest BCUT2D eigenvalue weighted by molar-refractivity contribution is 0.0667. The van der Waals surface area contributed by atoms with Crippen LogP contribution in [-0.2, 0) is 4.74 Å². The van der Waals surface area contributed by atoms with Crippen LogP contribution < -0.4 is 0 Å². The summed E-state index contributed by atoms with van der Waals surface area (Å²) in [5.41, 5.74) is 0. The molecule has 2 nitrogen and oxygen atoms in total. The Labute approximate surface area is 68.7 Å². The molecular formula is C9H17NO. The van der Waals surface area contributed by atoms with Gasteiger partial charge in [0.05, 0.1) is 6.10 Å². The number of rotatable bonds is 2. The molecule has 1 saturated carbocycles. The number of nitrogens with zero attached hydrogens (tertiary/aromatic N) is 1. The van der Waals surface area contributed by atoms with Crippen LogP contribution in [0.2, 0.25) is 0 Å². The fourth-order valence-electron chi connectivity index (χ4n) is 1.64. The van der Waals surface area contributed by atoms with Crippen molar-refractivity contribution in [1.29, 1.82) is 0 Å². The maximum atomic E-state index is 5.27. The Morgan fingerprint density at radius 3 is 2.36 bits per heavy atom. The molecule has 2 heteroatoms. The first-order valence-corrected chi connectivity index (χ1v) is 4.37. The molecular weight excluding hydrogens is 138 g/mol. The summed E-state index contributed by atoms with van der Waals surface area (Å²) in [6.45, 7) is 1.99. The molecule has 1 aliphatic carbocycles. The topological polar surface area (TPSA) is 21.6 Å². The van der Waals surface area contributed by atoms with Gasteiger partial charge < -0.3 is 4.74 Å². The fourth-order valence-corrected chi connectivity index (χ4v) is 1.64. The molecule has 0 bridgehead atoms. The van der Waals surface area contributed by atoms with Crippen molar-refractivity contribution in [3.8, 4) is 0 Å². The lowest BCUT2D eigenvalue weighted by atomic mass is 9.93. The van der Waals surface area contributed by atoms with Crippen molar-refractivity contribution in [3.05, 3.63) is 0 Å². The molecule has 1 aliphatic rings. The van der Waals surface area contributed by atoms with Gasteiger partial charge in [-0.25, -0.2) is 0 Å². The van der Waals surface area contributed by atoms with Gasteiger partial charge in [-0.3, -0.25) is 4.99 Å². The van der Waals surface area contributed by atoms with Crippen molar-refractivity contribution in [3.63, 3.8) is 0 Å². The molecule has 0 N–H and O–H groups in total. The van der Waals surface area contributed by atoms with Gasteiger partial charge in [0.1, 0.15) is 0 Å². The summed E-state index contributed by atoms with van der Waals surface area (Å²) >= 11 is 0. The monoisotopic (exact) mass is 155 g/mol. The second-order valence-electron chi connectivity index (χ2n) is 3.07. The molecule has 1 rings (SSSR count). The van der Waals surface area contributed by atoms with Gasteiger partial charge in [0.2, 0.25) is 0 Å². The molecule has 0 aromatic heterocycles. The Morgan fingerprint density at radius 1 is 1.27 bits per heavy atom. The molecule has 0 atom stereocenters. The predicted octanol–water partition coefficient (Wildman–Crippen LogP) is 2.03. The second kappa shape index (κ2) is 4.50. The smallest absolute Gasteiger partial charge is 0.0573 e. The Hall–Kier alpha value is -0.370. The minimum absolute atomic E-state index is 0.498. The van der Waals surface area contributed by atoms with E-state index in [-0.39, 0.29) is 0 Å². The third kappa shape index (κ3) is 2.62. The molecule has 64 valence electrons.